The molecule has 6 heteroatoms. The van der Waals surface area contributed by atoms with E-state index in [1.807, 2.05) is 11.8 Å². The number of hydrogen-bond acceptors (Lipinski definition) is 6. The predicted molar refractivity (Wildman–Crippen MR) is 213 cm³/mol. The van der Waals surface area contributed by atoms with Crippen LogP contribution >= 0.6 is 11.8 Å². The first kappa shape index (κ1) is 45.1. The van der Waals surface area contributed by atoms with Crippen molar-refractivity contribution in [2.45, 2.75) is 225 Å². The Hall–Kier alpha value is -1.04. The van der Waals surface area contributed by atoms with Crippen LogP contribution in [0.3, 0.4) is 0 Å². The first-order valence-electron chi connectivity index (χ1n) is 21.9. The molecule has 2 saturated carbocycles. The molecule has 2 aliphatic rings. The van der Waals surface area contributed by atoms with Crippen LogP contribution < -0.4 is 0 Å². The van der Waals surface area contributed by atoms with Crippen LogP contribution in [0.1, 0.15) is 219 Å². The monoisotopic (exact) mass is 721 g/mol. The number of carbonyl (C=O) groups is 3. The van der Waals surface area contributed by atoms with Gasteiger partial charge >= 0.3 is 11.9 Å². The minimum Gasteiger partial charge on any atom is -0.466 e. The van der Waals surface area contributed by atoms with E-state index in [-0.39, 0.29) is 18.0 Å². The molecular weight excluding hydrogens is 641 g/mol. The summed E-state index contributed by atoms with van der Waals surface area (Å²) in [6.45, 7) is 4.98. The zero-order valence-corrected chi connectivity index (χ0v) is 33.8. The smallest absolute Gasteiger partial charge is 0.306 e. The fraction of sp³-hybridized carbons (Fsp3) is 0.932. The summed E-state index contributed by atoms with van der Waals surface area (Å²) in [5.41, 5.74) is 0. The number of thioether (sulfide) groups is 1. The minimum absolute atomic E-state index is 0.0269. The van der Waals surface area contributed by atoms with Crippen LogP contribution in [0.25, 0.3) is 0 Å². The molecule has 0 amide bonds. The van der Waals surface area contributed by atoms with E-state index in [1.54, 1.807) is 0 Å². The highest BCUT2D eigenvalue weighted by Gasteiger charge is 2.21. The Morgan fingerprint density at radius 3 is 1.88 bits per heavy atom. The van der Waals surface area contributed by atoms with E-state index in [0.717, 1.165) is 81.1 Å². The average molecular weight is 721 g/mol. The molecule has 0 aliphatic heterocycles. The van der Waals surface area contributed by atoms with Crippen LogP contribution in [-0.2, 0) is 23.9 Å². The Labute approximate surface area is 313 Å². The number of rotatable bonds is 32. The number of unbranched alkanes of at least 4 members (excludes halogenated alkanes) is 8. The van der Waals surface area contributed by atoms with Gasteiger partial charge in [0, 0.05) is 31.4 Å². The molecule has 292 valence electrons. The Morgan fingerprint density at radius 1 is 0.580 bits per heavy atom. The maximum absolute atomic E-state index is 12.8. The van der Waals surface area contributed by atoms with Gasteiger partial charge in [-0.1, -0.05) is 136 Å². The van der Waals surface area contributed by atoms with Crippen molar-refractivity contribution in [3.8, 4) is 0 Å². The molecule has 0 saturated heterocycles. The summed E-state index contributed by atoms with van der Waals surface area (Å²) < 4.78 is 11.6. The summed E-state index contributed by atoms with van der Waals surface area (Å²) in [5.74, 6) is 4.54. The van der Waals surface area contributed by atoms with Gasteiger partial charge in [-0.2, -0.15) is 11.8 Å². The highest BCUT2D eigenvalue weighted by Crippen LogP contribution is 2.30. The number of carbonyl (C=O) groups excluding carboxylic acids is 3. The third-order valence-corrected chi connectivity index (χ3v) is 12.7. The normalized spacial score (nSPS) is 17.0. The summed E-state index contributed by atoms with van der Waals surface area (Å²) >= 11 is 1.93. The van der Waals surface area contributed by atoms with Crippen molar-refractivity contribution in [1.82, 2.24) is 0 Å². The maximum Gasteiger partial charge on any atom is 0.306 e. The van der Waals surface area contributed by atoms with Gasteiger partial charge in [-0.25, -0.2) is 0 Å². The van der Waals surface area contributed by atoms with E-state index in [0.29, 0.717) is 44.0 Å². The third kappa shape index (κ3) is 25.0. The second-order valence-corrected chi connectivity index (χ2v) is 17.2. The lowest BCUT2D eigenvalue weighted by Gasteiger charge is -2.25. The van der Waals surface area contributed by atoms with Gasteiger partial charge in [0.15, 0.2) is 0 Å². The van der Waals surface area contributed by atoms with Crippen LogP contribution in [0, 0.1) is 17.8 Å². The highest BCUT2D eigenvalue weighted by molar-refractivity contribution is 7.99. The molecule has 0 aromatic carbocycles. The van der Waals surface area contributed by atoms with Crippen LogP contribution in [0.15, 0.2) is 0 Å². The Kier molecular flexibility index (Phi) is 28.4. The molecule has 2 atom stereocenters. The average Bonchev–Trinajstić information content (AvgIpc) is 3.14. The van der Waals surface area contributed by atoms with E-state index < -0.39 is 0 Å². The maximum atomic E-state index is 12.8. The number of Topliss-reactive ketones (excluding diaryl/α,β-unsaturated/α-hetero) is 1. The van der Waals surface area contributed by atoms with E-state index in [4.69, 9.17) is 9.47 Å². The lowest BCUT2D eigenvalue weighted by molar-refractivity contribution is -0.149. The molecule has 0 bridgehead atoms. The third-order valence-electron chi connectivity index (χ3n) is 11.5. The fourth-order valence-electron chi connectivity index (χ4n) is 8.13. The van der Waals surface area contributed by atoms with Crippen molar-refractivity contribution < 1.29 is 23.9 Å². The number of hydrogen-bond donors (Lipinski definition) is 0. The van der Waals surface area contributed by atoms with Crippen molar-refractivity contribution in [2.75, 3.05) is 18.1 Å². The molecule has 0 spiro atoms. The van der Waals surface area contributed by atoms with Crippen LogP contribution in [0.5, 0.6) is 0 Å². The van der Waals surface area contributed by atoms with Crippen LogP contribution in [-0.4, -0.2) is 41.9 Å². The molecule has 5 nitrogen and oxygen atoms in total. The summed E-state index contributed by atoms with van der Waals surface area (Å²) in [7, 11) is 0. The van der Waals surface area contributed by atoms with Gasteiger partial charge in [0.1, 0.15) is 11.9 Å². The molecule has 0 heterocycles. The number of ketones is 1. The first-order chi connectivity index (χ1) is 24.5. The molecule has 0 radical (unpaired) electrons. The van der Waals surface area contributed by atoms with Gasteiger partial charge in [0.05, 0.1) is 6.61 Å². The van der Waals surface area contributed by atoms with Gasteiger partial charge < -0.3 is 9.47 Å². The molecule has 2 unspecified atom stereocenters. The van der Waals surface area contributed by atoms with E-state index >= 15 is 0 Å². The van der Waals surface area contributed by atoms with E-state index in [2.05, 4.69) is 13.8 Å². The number of ether oxygens (including phenoxy) is 2. The molecule has 0 N–H and O–H groups in total. The highest BCUT2D eigenvalue weighted by atomic mass is 32.2. The summed E-state index contributed by atoms with van der Waals surface area (Å²) in [5, 5.41) is 0. The second kappa shape index (κ2) is 31.5. The summed E-state index contributed by atoms with van der Waals surface area (Å²) in [6.07, 6.45) is 36.1. The van der Waals surface area contributed by atoms with Gasteiger partial charge in [-0.15, -0.1) is 0 Å². The van der Waals surface area contributed by atoms with Gasteiger partial charge in [-0.05, 0) is 81.3 Å². The Balaban J connectivity index is 1.48. The van der Waals surface area contributed by atoms with Crippen molar-refractivity contribution in [3.63, 3.8) is 0 Å². The fourth-order valence-corrected chi connectivity index (χ4v) is 9.20. The van der Waals surface area contributed by atoms with Crippen molar-refractivity contribution in [3.05, 3.63) is 0 Å². The Morgan fingerprint density at radius 2 is 1.20 bits per heavy atom. The van der Waals surface area contributed by atoms with Crippen molar-refractivity contribution in [2.24, 2.45) is 17.8 Å². The standard InChI is InChI=1S/C44H80O5S/c1-3-5-7-12-22-38(21-6-4-2)30-33-43(46)48-35-19-10-17-27-41(45)28-18-11-20-36-50-37-42(32-29-39-23-13-8-14-24-39)49-44(47)34-31-40-25-15-9-16-26-40/h38-40,42H,3-37H2,1-2H3. The quantitative estimate of drug-likeness (QED) is 0.0509. The van der Waals surface area contributed by atoms with Gasteiger partial charge in [-0.3, -0.25) is 14.4 Å². The SMILES string of the molecule is CCCCCCC(CCCC)CCC(=O)OCCCCCC(=O)CCCCCSCC(CCC1CCCCC1)OC(=O)CCC1CCCCC1. The minimum atomic E-state index is -0.0462. The van der Waals surface area contributed by atoms with E-state index in [9.17, 15) is 14.4 Å². The molecule has 50 heavy (non-hydrogen) atoms. The zero-order valence-electron chi connectivity index (χ0n) is 33.0. The molecular formula is C44H80O5S. The van der Waals surface area contributed by atoms with Crippen molar-refractivity contribution >= 4 is 29.5 Å². The van der Waals surface area contributed by atoms with Gasteiger partial charge in [0.25, 0.3) is 0 Å². The Bertz CT molecular complexity index is 834. The molecule has 0 aromatic heterocycles. The van der Waals surface area contributed by atoms with E-state index in [1.165, 1.54) is 122 Å². The number of esters is 2. The zero-order chi connectivity index (χ0) is 35.9. The molecule has 2 aliphatic carbocycles. The molecule has 2 rings (SSSR count). The molecule has 2 fully saturated rings. The molecule has 0 aromatic rings. The first-order valence-corrected chi connectivity index (χ1v) is 23.1. The largest absolute Gasteiger partial charge is 0.466 e. The summed E-state index contributed by atoms with van der Waals surface area (Å²) in [4.78, 5) is 37.5. The van der Waals surface area contributed by atoms with Crippen molar-refractivity contribution in [1.29, 1.82) is 0 Å². The van der Waals surface area contributed by atoms with Crippen LogP contribution in [0.4, 0.5) is 0 Å². The lowest BCUT2D eigenvalue weighted by atomic mass is 9.85. The van der Waals surface area contributed by atoms with Crippen LogP contribution in [0.2, 0.25) is 0 Å². The lowest BCUT2D eigenvalue weighted by Crippen LogP contribution is -2.23. The van der Waals surface area contributed by atoms with Gasteiger partial charge in [0.2, 0.25) is 0 Å². The second-order valence-electron chi connectivity index (χ2n) is 16.1. The topological polar surface area (TPSA) is 69.7 Å². The predicted octanol–water partition coefficient (Wildman–Crippen LogP) is 13.1. The summed E-state index contributed by atoms with van der Waals surface area (Å²) in [6, 6.07) is 0.